The van der Waals surface area contributed by atoms with Crippen LogP contribution in [0.2, 0.25) is 0 Å². The molecule has 2 N–H and O–H groups in total. The smallest absolute Gasteiger partial charge is 0.295 e. The van der Waals surface area contributed by atoms with Gasteiger partial charge in [-0.1, -0.05) is 6.42 Å². The van der Waals surface area contributed by atoms with Gasteiger partial charge < -0.3 is 0 Å². The molecule has 30 heavy (non-hydrogen) atoms. The average molecular weight is 423 g/mol. The van der Waals surface area contributed by atoms with Gasteiger partial charge in [-0.3, -0.25) is 13.9 Å². The van der Waals surface area contributed by atoms with Gasteiger partial charge >= 0.3 is 11.9 Å². The van der Waals surface area contributed by atoms with Crippen LogP contribution < -0.4 is 16.5 Å². The van der Waals surface area contributed by atoms with Crippen LogP contribution in [0.3, 0.4) is 0 Å². The SMILES string of the molecule is CN1CNNC1CC1CCC2C1CCCC2n1cc2c(C(F)(F)F)cccn2c1=O. The van der Waals surface area contributed by atoms with Crippen molar-refractivity contribution in [3.63, 3.8) is 0 Å². The Labute approximate surface area is 173 Å². The van der Waals surface area contributed by atoms with E-state index < -0.39 is 11.7 Å². The molecular formula is C21H28F3N5O. The molecule has 2 aromatic heterocycles. The molecule has 0 bridgehead atoms. The van der Waals surface area contributed by atoms with E-state index in [0.29, 0.717) is 23.9 Å². The number of rotatable bonds is 3. The lowest BCUT2D eigenvalue weighted by molar-refractivity contribution is -0.136. The molecule has 3 heterocycles. The molecule has 3 fully saturated rings. The van der Waals surface area contributed by atoms with E-state index in [1.165, 1.54) is 18.5 Å². The van der Waals surface area contributed by atoms with Gasteiger partial charge in [0.15, 0.2) is 0 Å². The van der Waals surface area contributed by atoms with Crippen molar-refractivity contribution in [2.75, 3.05) is 13.7 Å². The highest BCUT2D eigenvalue weighted by molar-refractivity contribution is 5.55. The normalized spacial score (nSPS) is 32.7. The molecule has 0 aromatic carbocycles. The standard InChI is InChI=1S/C21H28F3N5O/c1-27-12-25-26-19(27)10-13-7-8-15-14(13)4-2-6-17(15)29-11-18-16(21(22,23)24)5-3-9-28(18)20(29)30/h3,5,9,11,13-15,17,19,25-26H,2,4,6-8,10,12H2,1H3. The Balaban J connectivity index is 1.44. The van der Waals surface area contributed by atoms with Gasteiger partial charge in [-0.05, 0) is 69.0 Å². The minimum absolute atomic E-state index is 0.0189. The zero-order chi connectivity index (χ0) is 21.0. The lowest BCUT2D eigenvalue weighted by Crippen LogP contribution is -2.39. The second kappa shape index (κ2) is 7.39. The third-order valence-electron chi connectivity index (χ3n) is 7.60. The summed E-state index contributed by atoms with van der Waals surface area (Å²) in [7, 11) is 2.10. The molecular weight excluding hydrogens is 395 g/mol. The first-order valence-corrected chi connectivity index (χ1v) is 10.8. The molecule has 0 amide bonds. The van der Waals surface area contributed by atoms with Gasteiger partial charge in [-0.25, -0.2) is 15.6 Å². The third kappa shape index (κ3) is 3.27. The van der Waals surface area contributed by atoms with Gasteiger partial charge in [0.2, 0.25) is 0 Å². The first kappa shape index (κ1) is 20.1. The lowest BCUT2D eigenvalue weighted by atomic mass is 9.74. The molecule has 2 saturated carbocycles. The van der Waals surface area contributed by atoms with E-state index in [1.807, 2.05) is 0 Å². The van der Waals surface area contributed by atoms with Crippen LogP contribution in [-0.2, 0) is 6.18 Å². The van der Waals surface area contributed by atoms with Gasteiger partial charge in [0, 0.05) is 18.4 Å². The van der Waals surface area contributed by atoms with Crippen molar-refractivity contribution in [3.8, 4) is 0 Å². The molecule has 3 aliphatic rings. The number of imidazole rings is 1. The van der Waals surface area contributed by atoms with E-state index in [2.05, 4.69) is 22.8 Å². The summed E-state index contributed by atoms with van der Waals surface area (Å²) in [5.41, 5.74) is 5.36. The maximum atomic E-state index is 13.5. The largest absolute Gasteiger partial charge is 0.418 e. The van der Waals surface area contributed by atoms with Gasteiger partial charge in [-0.15, -0.1) is 0 Å². The summed E-state index contributed by atoms with van der Waals surface area (Å²) in [4.78, 5) is 15.3. The van der Waals surface area contributed by atoms with Crippen LogP contribution in [0.4, 0.5) is 13.2 Å². The van der Waals surface area contributed by atoms with E-state index in [0.717, 1.165) is 55.7 Å². The summed E-state index contributed by atoms with van der Waals surface area (Å²) >= 11 is 0. The Kier molecular flexibility index (Phi) is 4.95. The Morgan fingerprint density at radius 3 is 2.73 bits per heavy atom. The number of fused-ring (bicyclic) bond motifs is 2. The van der Waals surface area contributed by atoms with Crippen LogP contribution in [0, 0.1) is 17.8 Å². The van der Waals surface area contributed by atoms with Crippen LogP contribution >= 0.6 is 0 Å². The van der Waals surface area contributed by atoms with E-state index in [9.17, 15) is 18.0 Å². The van der Waals surface area contributed by atoms with Crippen molar-refractivity contribution in [2.24, 2.45) is 17.8 Å². The average Bonchev–Trinajstić information content (AvgIpc) is 3.40. The van der Waals surface area contributed by atoms with Crippen LogP contribution in [0.5, 0.6) is 0 Å². The molecule has 0 radical (unpaired) electrons. The summed E-state index contributed by atoms with van der Waals surface area (Å²) in [5.74, 6) is 1.46. The molecule has 6 nitrogen and oxygen atoms in total. The number of halogens is 3. The molecule has 5 rings (SSSR count). The first-order chi connectivity index (χ1) is 14.3. The topological polar surface area (TPSA) is 53.7 Å². The summed E-state index contributed by atoms with van der Waals surface area (Å²) in [6.07, 6.45) is 4.94. The highest BCUT2D eigenvalue weighted by Crippen LogP contribution is 2.51. The summed E-state index contributed by atoms with van der Waals surface area (Å²) in [6.45, 7) is 0.822. The molecule has 5 atom stereocenters. The van der Waals surface area contributed by atoms with Crippen LogP contribution in [0.25, 0.3) is 5.52 Å². The molecule has 1 saturated heterocycles. The van der Waals surface area contributed by atoms with Crippen LogP contribution in [0.1, 0.15) is 50.1 Å². The molecule has 1 aliphatic heterocycles. The number of alkyl halides is 3. The number of nitrogens with zero attached hydrogens (tertiary/aromatic N) is 3. The highest BCUT2D eigenvalue weighted by Gasteiger charge is 2.45. The minimum atomic E-state index is -4.48. The molecule has 9 heteroatoms. The van der Waals surface area contributed by atoms with E-state index in [-0.39, 0.29) is 17.2 Å². The first-order valence-electron chi connectivity index (χ1n) is 10.8. The Morgan fingerprint density at radius 2 is 2.00 bits per heavy atom. The fraction of sp³-hybridized carbons (Fsp3) is 0.667. The Morgan fingerprint density at radius 1 is 1.17 bits per heavy atom. The number of aromatic nitrogens is 2. The maximum Gasteiger partial charge on any atom is 0.418 e. The zero-order valence-corrected chi connectivity index (χ0v) is 17.0. The van der Waals surface area contributed by atoms with Crippen molar-refractivity contribution in [3.05, 3.63) is 40.6 Å². The number of pyridine rings is 1. The molecule has 164 valence electrons. The van der Waals surface area contributed by atoms with E-state index >= 15 is 0 Å². The third-order valence-corrected chi connectivity index (χ3v) is 7.60. The monoisotopic (exact) mass is 423 g/mol. The van der Waals surface area contributed by atoms with Crippen molar-refractivity contribution >= 4 is 5.52 Å². The number of nitrogens with one attached hydrogen (secondary N) is 2. The van der Waals surface area contributed by atoms with Crippen LogP contribution in [0.15, 0.2) is 29.3 Å². The second-order valence-electron chi connectivity index (χ2n) is 9.14. The van der Waals surface area contributed by atoms with E-state index in [1.54, 1.807) is 4.57 Å². The van der Waals surface area contributed by atoms with E-state index in [4.69, 9.17) is 0 Å². The zero-order valence-electron chi connectivity index (χ0n) is 17.0. The molecule has 2 aromatic rings. The summed E-state index contributed by atoms with van der Waals surface area (Å²) < 4.78 is 43.1. The van der Waals surface area contributed by atoms with Gasteiger partial charge in [0.25, 0.3) is 0 Å². The summed E-state index contributed by atoms with van der Waals surface area (Å²) in [6, 6.07) is 2.33. The van der Waals surface area contributed by atoms with Gasteiger partial charge in [0.05, 0.1) is 23.9 Å². The second-order valence-corrected chi connectivity index (χ2v) is 9.14. The molecule has 2 aliphatic carbocycles. The predicted octanol–water partition coefficient (Wildman–Crippen LogP) is 3.20. The predicted molar refractivity (Wildman–Crippen MR) is 107 cm³/mol. The van der Waals surface area contributed by atoms with Crippen molar-refractivity contribution in [1.82, 2.24) is 24.7 Å². The fourth-order valence-corrected chi connectivity index (χ4v) is 6.17. The highest BCUT2D eigenvalue weighted by atomic mass is 19.4. The van der Waals surface area contributed by atoms with Crippen molar-refractivity contribution < 1.29 is 13.2 Å². The lowest BCUT2D eigenvalue weighted by Gasteiger charge is -2.37. The molecule has 0 spiro atoms. The van der Waals surface area contributed by atoms with Crippen molar-refractivity contribution in [2.45, 2.75) is 56.9 Å². The number of hydrogen-bond acceptors (Lipinski definition) is 4. The van der Waals surface area contributed by atoms with Crippen LogP contribution in [-0.4, -0.2) is 33.7 Å². The molecule has 5 unspecified atom stereocenters. The minimum Gasteiger partial charge on any atom is -0.295 e. The Hall–Kier alpha value is -1.84. The fourth-order valence-electron chi connectivity index (χ4n) is 6.17. The Bertz CT molecular complexity index is 983. The number of hydrazine groups is 1. The maximum absolute atomic E-state index is 13.5. The van der Waals surface area contributed by atoms with Gasteiger partial charge in [0.1, 0.15) is 0 Å². The summed E-state index contributed by atoms with van der Waals surface area (Å²) in [5, 5.41) is 0. The van der Waals surface area contributed by atoms with Crippen molar-refractivity contribution in [1.29, 1.82) is 0 Å². The van der Waals surface area contributed by atoms with Gasteiger partial charge in [-0.2, -0.15) is 13.2 Å². The number of hydrogen-bond donors (Lipinski definition) is 2. The quantitative estimate of drug-likeness (QED) is 0.796.